The molecule has 0 rings (SSSR count). The van der Waals surface area contributed by atoms with Crippen LogP contribution < -0.4 is 5.32 Å². The van der Waals surface area contributed by atoms with Gasteiger partial charge in [-0.1, -0.05) is 0 Å². The predicted molar refractivity (Wildman–Crippen MR) is 134 cm³/mol. The molecule has 12 nitrogen and oxygen atoms in total. The monoisotopic (exact) mass is 536 g/mol. The third-order valence-electron chi connectivity index (χ3n) is 4.15. The third-order valence-corrected chi connectivity index (χ3v) is 4.15. The van der Waals surface area contributed by atoms with Crippen LogP contribution in [0.2, 0.25) is 0 Å². The van der Waals surface area contributed by atoms with Gasteiger partial charge >= 0.3 is 11.9 Å². The lowest BCUT2D eigenvalue weighted by Gasteiger charge is -2.19. The van der Waals surface area contributed by atoms with E-state index in [0.29, 0.717) is 79.0 Å². The van der Waals surface area contributed by atoms with Crippen LogP contribution in [0.5, 0.6) is 0 Å². The normalized spacial score (nSPS) is 11.4. The quantitative estimate of drug-likeness (QED) is 0.103. The van der Waals surface area contributed by atoms with Gasteiger partial charge in [0, 0.05) is 32.6 Å². The summed E-state index contributed by atoms with van der Waals surface area (Å²) in [5, 5.41) is 2.74. The molecule has 1 radical (unpaired) electrons. The summed E-state index contributed by atoms with van der Waals surface area (Å²) in [5.41, 5.74) is -0.540. The summed E-state index contributed by atoms with van der Waals surface area (Å²) in [7, 11) is 0. The van der Waals surface area contributed by atoms with Crippen molar-refractivity contribution in [2.75, 3.05) is 86.0 Å². The number of ether oxygens (including phenoxy) is 8. The summed E-state index contributed by atoms with van der Waals surface area (Å²) in [6.07, 6.45) is 1.01. The molecule has 0 saturated carbocycles. The van der Waals surface area contributed by atoms with Crippen molar-refractivity contribution in [1.29, 1.82) is 0 Å². The standard InChI is InChI=1S/C25H46NO11/c1-5-30-15-16-33-19-20-34-18-17-32-12-8-22(27)26-10-14-31-11-6-7-23(28)36-21-35-13-9-24(29)37-25(2,3)4/h1,5-21H2,2-4H3,(H,26,27). The van der Waals surface area contributed by atoms with Crippen LogP contribution in [0.3, 0.4) is 0 Å². The Morgan fingerprint density at radius 2 is 1.22 bits per heavy atom. The molecule has 0 aliphatic carbocycles. The zero-order chi connectivity index (χ0) is 27.6. The average molecular weight is 537 g/mol. The van der Waals surface area contributed by atoms with Crippen molar-refractivity contribution in [3.63, 3.8) is 0 Å². The van der Waals surface area contributed by atoms with E-state index in [1.54, 1.807) is 20.8 Å². The molecular formula is C25H46NO11. The van der Waals surface area contributed by atoms with Crippen molar-refractivity contribution in [1.82, 2.24) is 5.32 Å². The van der Waals surface area contributed by atoms with Gasteiger partial charge in [0.25, 0.3) is 0 Å². The zero-order valence-corrected chi connectivity index (χ0v) is 22.7. The number of amides is 1. The summed E-state index contributed by atoms with van der Waals surface area (Å²) < 4.78 is 41.6. The Morgan fingerprint density at radius 1 is 0.649 bits per heavy atom. The van der Waals surface area contributed by atoms with E-state index in [-0.39, 0.29) is 44.5 Å². The second-order valence-corrected chi connectivity index (χ2v) is 8.64. The lowest BCUT2D eigenvalue weighted by molar-refractivity contribution is -0.161. The topological polar surface area (TPSA) is 137 Å². The number of esters is 2. The van der Waals surface area contributed by atoms with Crippen molar-refractivity contribution < 1.29 is 52.3 Å². The molecule has 1 N–H and O–H groups in total. The van der Waals surface area contributed by atoms with Crippen molar-refractivity contribution in [3.8, 4) is 0 Å². The number of hydrogen-bond acceptors (Lipinski definition) is 11. The van der Waals surface area contributed by atoms with Gasteiger partial charge in [0.15, 0.2) is 6.79 Å². The Bertz CT molecular complexity index is 581. The van der Waals surface area contributed by atoms with Gasteiger partial charge in [-0.3, -0.25) is 14.4 Å². The lowest BCUT2D eigenvalue weighted by atomic mass is 10.2. The van der Waals surface area contributed by atoms with E-state index in [9.17, 15) is 14.4 Å². The van der Waals surface area contributed by atoms with E-state index in [1.165, 1.54) is 0 Å². The zero-order valence-electron chi connectivity index (χ0n) is 22.7. The maximum Gasteiger partial charge on any atom is 0.308 e. The minimum atomic E-state index is -0.540. The molecule has 217 valence electrons. The van der Waals surface area contributed by atoms with Gasteiger partial charge in [-0.25, -0.2) is 0 Å². The first kappa shape index (κ1) is 35.2. The SMILES string of the molecule is [CH2]COCCOCCOCCOCCC(=O)NCCOCCCC(=O)OCOCCC(=O)OC(C)(C)C. The minimum absolute atomic E-state index is 0.0897. The van der Waals surface area contributed by atoms with Crippen molar-refractivity contribution in [3.05, 3.63) is 6.92 Å². The first-order valence-electron chi connectivity index (χ1n) is 12.6. The summed E-state index contributed by atoms with van der Waals surface area (Å²) in [4.78, 5) is 34.9. The highest BCUT2D eigenvalue weighted by Gasteiger charge is 2.15. The Morgan fingerprint density at radius 3 is 1.84 bits per heavy atom. The summed E-state index contributed by atoms with van der Waals surface area (Å²) >= 11 is 0. The molecule has 0 aromatic heterocycles. The Labute approximate surface area is 220 Å². The fourth-order valence-electron chi connectivity index (χ4n) is 2.48. The van der Waals surface area contributed by atoms with Gasteiger partial charge < -0.3 is 43.2 Å². The molecule has 0 saturated heterocycles. The number of nitrogens with one attached hydrogen (secondary N) is 1. The highest BCUT2D eigenvalue weighted by Crippen LogP contribution is 2.08. The fourth-order valence-corrected chi connectivity index (χ4v) is 2.48. The van der Waals surface area contributed by atoms with Crippen LogP contribution in [-0.4, -0.2) is 109 Å². The molecule has 0 spiro atoms. The van der Waals surface area contributed by atoms with E-state index >= 15 is 0 Å². The molecule has 37 heavy (non-hydrogen) atoms. The summed E-state index contributed by atoms with van der Waals surface area (Å²) in [6.45, 7) is 13.5. The molecule has 0 heterocycles. The van der Waals surface area contributed by atoms with Crippen molar-refractivity contribution in [2.24, 2.45) is 0 Å². The van der Waals surface area contributed by atoms with Crippen molar-refractivity contribution in [2.45, 2.75) is 52.1 Å². The third kappa shape index (κ3) is 28.6. The Hall–Kier alpha value is -1.83. The maximum atomic E-state index is 11.7. The maximum absolute atomic E-state index is 11.7. The first-order chi connectivity index (χ1) is 17.7. The molecule has 0 aromatic carbocycles. The number of hydrogen-bond donors (Lipinski definition) is 1. The molecule has 0 aliphatic rings. The lowest BCUT2D eigenvalue weighted by Crippen LogP contribution is -2.28. The van der Waals surface area contributed by atoms with Crippen LogP contribution in [-0.2, 0) is 52.3 Å². The van der Waals surface area contributed by atoms with Gasteiger partial charge in [0.05, 0.1) is 65.9 Å². The van der Waals surface area contributed by atoms with Crippen LogP contribution in [0, 0.1) is 6.92 Å². The molecule has 0 bridgehead atoms. The molecule has 0 aliphatic heterocycles. The molecule has 0 unspecified atom stereocenters. The van der Waals surface area contributed by atoms with E-state index in [0.717, 1.165) is 0 Å². The first-order valence-corrected chi connectivity index (χ1v) is 12.6. The second-order valence-electron chi connectivity index (χ2n) is 8.64. The highest BCUT2D eigenvalue weighted by atomic mass is 16.7. The largest absolute Gasteiger partial charge is 0.460 e. The molecular weight excluding hydrogens is 490 g/mol. The molecule has 0 aromatic rings. The van der Waals surface area contributed by atoms with Crippen LogP contribution >= 0.6 is 0 Å². The van der Waals surface area contributed by atoms with Crippen LogP contribution in [0.4, 0.5) is 0 Å². The van der Waals surface area contributed by atoms with Gasteiger partial charge in [0.2, 0.25) is 5.91 Å². The number of rotatable bonds is 25. The highest BCUT2D eigenvalue weighted by molar-refractivity contribution is 5.75. The van der Waals surface area contributed by atoms with Gasteiger partial charge in [-0.2, -0.15) is 0 Å². The summed E-state index contributed by atoms with van der Waals surface area (Å²) in [5.74, 6) is -0.909. The van der Waals surface area contributed by atoms with Crippen LogP contribution in [0.25, 0.3) is 0 Å². The molecule has 0 fully saturated rings. The number of carbonyl (C=O) groups is 3. The van der Waals surface area contributed by atoms with Crippen molar-refractivity contribution >= 4 is 17.8 Å². The van der Waals surface area contributed by atoms with Crippen LogP contribution in [0.15, 0.2) is 0 Å². The summed E-state index contributed by atoms with van der Waals surface area (Å²) in [6, 6.07) is 0. The second kappa shape index (κ2) is 24.5. The molecule has 0 atom stereocenters. The smallest absolute Gasteiger partial charge is 0.308 e. The van der Waals surface area contributed by atoms with Gasteiger partial charge in [0.1, 0.15) is 5.60 Å². The minimum Gasteiger partial charge on any atom is -0.460 e. The molecule has 12 heteroatoms. The number of carbonyl (C=O) groups excluding carboxylic acids is 3. The fraction of sp³-hybridized carbons (Fsp3) is 0.840. The Balaban J connectivity index is 3.36. The van der Waals surface area contributed by atoms with E-state index < -0.39 is 11.6 Å². The van der Waals surface area contributed by atoms with E-state index in [1.807, 2.05) is 0 Å². The average Bonchev–Trinajstić information content (AvgIpc) is 2.82. The molecule has 1 amide bonds. The van der Waals surface area contributed by atoms with Crippen LogP contribution in [0.1, 0.15) is 46.5 Å². The van der Waals surface area contributed by atoms with E-state index in [4.69, 9.17) is 37.9 Å². The van der Waals surface area contributed by atoms with Gasteiger partial charge in [-0.05, 0) is 34.1 Å². The van der Waals surface area contributed by atoms with Gasteiger partial charge in [-0.15, -0.1) is 0 Å². The van der Waals surface area contributed by atoms with E-state index in [2.05, 4.69) is 12.2 Å². The Kier molecular flexibility index (Phi) is 23.3. The predicted octanol–water partition coefficient (Wildman–Crippen LogP) is 1.44.